The van der Waals surface area contributed by atoms with E-state index in [1.54, 1.807) is 30.8 Å². The third kappa shape index (κ3) is 3.03. The van der Waals surface area contributed by atoms with E-state index >= 15 is 0 Å². The molecule has 0 amide bonds. The first kappa shape index (κ1) is 15.8. The van der Waals surface area contributed by atoms with E-state index in [1.807, 2.05) is 14.0 Å². The lowest BCUT2D eigenvalue weighted by Crippen LogP contribution is -2.04. The van der Waals surface area contributed by atoms with Crippen LogP contribution >= 0.6 is 0 Å². The minimum Gasteiger partial charge on any atom is -0.481 e. The maximum Gasteiger partial charge on any atom is 0.272 e. The van der Waals surface area contributed by atoms with Crippen LogP contribution in [0.3, 0.4) is 0 Å². The molecule has 0 saturated heterocycles. The summed E-state index contributed by atoms with van der Waals surface area (Å²) in [6, 6.07) is 4.99. The molecule has 0 aliphatic heterocycles. The average Bonchev–Trinajstić information content (AvgIpc) is 2.79. The molecule has 0 aliphatic rings. The van der Waals surface area contributed by atoms with Gasteiger partial charge in [-0.25, -0.2) is 4.68 Å². The summed E-state index contributed by atoms with van der Waals surface area (Å²) in [6.07, 6.45) is 0.813. The van der Waals surface area contributed by atoms with Crippen LogP contribution in [-0.2, 0) is 20.0 Å². The molecular formula is C15H20N4O3. The van der Waals surface area contributed by atoms with Gasteiger partial charge in [-0.3, -0.25) is 10.1 Å². The molecule has 1 aromatic carbocycles. The first-order valence-corrected chi connectivity index (χ1v) is 7.05. The number of ether oxygens (including phenoxy) is 1. The Balaban J connectivity index is 2.20. The first-order valence-electron chi connectivity index (χ1n) is 7.05. The van der Waals surface area contributed by atoms with Crippen LogP contribution in [0.15, 0.2) is 18.2 Å². The number of nitrogens with one attached hydrogen (secondary N) is 1. The van der Waals surface area contributed by atoms with Crippen molar-refractivity contribution in [1.82, 2.24) is 9.78 Å². The van der Waals surface area contributed by atoms with E-state index in [9.17, 15) is 10.1 Å². The zero-order chi connectivity index (χ0) is 16.3. The molecule has 0 saturated carbocycles. The van der Waals surface area contributed by atoms with Crippen molar-refractivity contribution in [3.63, 3.8) is 0 Å². The number of aryl methyl sites for hydroxylation is 3. The molecule has 0 atom stereocenters. The highest BCUT2D eigenvalue weighted by Crippen LogP contribution is 2.25. The number of nitro groups is 1. The fourth-order valence-electron chi connectivity index (χ4n) is 2.48. The second-order valence-corrected chi connectivity index (χ2v) is 5.02. The van der Waals surface area contributed by atoms with E-state index < -0.39 is 0 Å². The van der Waals surface area contributed by atoms with Gasteiger partial charge in [-0.1, -0.05) is 6.92 Å². The summed E-state index contributed by atoms with van der Waals surface area (Å²) in [5.41, 5.74) is 3.56. The molecule has 7 heteroatoms. The molecule has 0 radical (unpaired) electrons. The van der Waals surface area contributed by atoms with Gasteiger partial charge in [0.25, 0.3) is 5.69 Å². The van der Waals surface area contributed by atoms with Crippen LogP contribution in [0.2, 0.25) is 0 Å². The van der Waals surface area contributed by atoms with Crippen LogP contribution in [0.1, 0.15) is 23.7 Å². The minimum atomic E-state index is -0.377. The van der Waals surface area contributed by atoms with Crippen LogP contribution < -0.4 is 10.1 Å². The van der Waals surface area contributed by atoms with Crippen molar-refractivity contribution >= 4 is 11.4 Å². The molecule has 0 fully saturated rings. The van der Waals surface area contributed by atoms with Gasteiger partial charge in [0.1, 0.15) is 0 Å². The van der Waals surface area contributed by atoms with Gasteiger partial charge in [0.05, 0.1) is 23.3 Å². The number of hydrogen-bond acceptors (Lipinski definition) is 5. The van der Waals surface area contributed by atoms with E-state index in [0.29, 0.717) is 12.1 Å². The zero-order valence-electron chi connectivity index (χ0n) is 13.2. The van der Waals surface area contributed by atoms with Crippen LogP contribution in [0.4, 0.5) is 11.4 Å². The third-order valence-electron chi connectivity index (χ3n) is 3.56. The highest BCUT2D eigenvalue weighted by molar-refractivity contribution is 5.54. The molecule has 0 unspecified atom stereocenters. The third-order valence-corrected chi connectivity index (χ3v) is 3.56. The summed E-state index contributed by atoms with van der Waals surface area (Å²) in [6.45, 7) is 4.32. The number of anilines is 1. The van der Waals surface area contributed by atoms with Crippen LogP contribution in [0, 0.1) is 17.0 Å². The largest absolute Gasteiger partial charge is 0.481 e. The summed E-state index contributed by atoms with van der Waals surface area (Å²) in [5, 5.41) is 18.5. The van der Waals surface area contributed by atoms with Crippen LogP contribution in [0.25, 0.3) is 0 Å². The molecule has 2 rings (SSSR count). The van der Waals surface area contributed by atoms with Gasteiger partial charge in [-0.05, 0) is 25.5 Å². The van der Waals surface area contributed by atoms with Crippen molar-refractivity contribution in [2.24, 2.45) is 7.05 Å². The normalized spacial score (nSPS) is 10.5. The number of nitrogens with zero attached hydrogens (tertiary/aromatic N) is 3. The van der Waals surface area contributed by atoms with Crippen molar-refractivity contribution in [3.8, 4) is 5.88 Å². The van der Waals surface area contributed by atoms with Crippen molar-refractivity contribution in [2.45, 2.75) is 26.8 Å². The number of rotatable bonds is 6. The lowest BCUT2D eigenvalue weighted by Gasteiger charge is -2.09. The Morgan fingerprint density at radius 3 is 2.73 bits per heavy atom. The van der Waals surface area contributed by atoms with Crippen molar-refractivity contribution in [1.29, 1.82) is 0 Å². The minimum absolute atomic E-state index is 0.124. The molecule has 1 aromatic heterocycles. The van der Waals surface area contributed by atoms with Gasteiger partial charge < -0.3 is 10.1 Å². The molecule has 118 valence electrons. The number of aromatic nitrogens is 2. The summed E-state index contributed by atoms with van der Waals surface area (Å²) in [7, 11) is 3.47. The predicted molar refractivity (Wildman–Crippen MR) is 84.3 cm³/mol. The maximum atomic E-state index is 10.8. The van der Waals surface area contributed by atoms with E-state index in [-0.39, 0.29) is 10.6 Å². The van der Waals surface area contributed by atoms with Gasteiger partial charge in [0.2, 0.25) is 5.88 Å². The average molecular weight is 304 g/mol. The molecule has 2 aromatic rings. The fourth-order valence-corrected chi connectivity index (χ4v) is 2.48. The highest BCUT2D eigenvalue weighted by Gasteiger charge is 2.16. The molecule has 1 heterocycles. The second-order valence-electron chi connectivity index (χ2n) is 5.02. The number of nitro benzene ring substituents is 1. The standard InChI is InChI=1S/C15H20N4O3/c1-5-13-12(15(22-4)18(3)17-13)9-16-11-6-7-14(19(20)21)10(2)8-11/h6-8,16H,5,9H2,1-4H3. The van der Waals surface area contributed by atoms with Gasteiger partial charge in [0.15, 0.2) is 0 Å². The van der Waals surface area contributed by atoms with Gasteiger partial charge >= 0.3 is 0 Å². The molecule has 0 spiro atoms. The van der Waals surface area contributed by atoms with Crippen molar-refractivity contribution < 1.29 is 9.66 Å². The Morgan fingerprint density at radius 1 is 1.45 bits per heavy atom. The van der Waals surface area contributed by atoms with Gasteiger partial charge in [0, 0.05) is 30.9 Å². The number of hydrogen-bond donors (Lipinski definition) is 1. The Morgan fingerprint density at radius 2 is 2.18 bits per heavy atom. The van der Waals surface area contributed by atoms with Crippen molar-refractivity contribution in [2.75, 3.05) is 12.4 Å². The first-order chi connectivity index (χ1) is 10.5. The Hall–Kier alpha value is -2.57. The second kappa shape index (κ2) is 6.46. The summed E-state index contributed by atoms with van der Waals surface area (Å²) < 4.78 is 7.11. The zero-order valence-corrected chi connectivity index (χ0v) is 13.2. The van der Waals surface area contributed by atoms with E-state index in [1.165, 1.54) is 6.07 Å². The van der Waals surface area contributed by atoms with E-state index in [4.69, 9.17) is 4.74 Å². The quantitative estimate of drug-likeness (QED) is 0.655. The highest BCUT2D eigenvalue weighted by atomic mass is 16.6. The SMILES string of the molecule is CCc1nn(C)c(OC)c1CNc1ccc([N+](=O)[O-])c(C)c1. The Bertz CT molecular complexity index is 694. The molecule has 22 heavy (non-hydrogen) atoms. The van der Waals surface area contributed by atoms with Gasteiger partial charge in [-0.2, -0.15) is 5.10 Å². The Labute approximate surface area is 129 Å². The summed E-state index contributed by atoms with van der Waals surface area (Å²) >= 11 is 0. The number of methoxy groups -OCH3 is 1. The van der Waals surface area contributed by atoms with E-state index in [2.05, 4.69) is 10.4 Å². The van der Waals surface area contributed by atoms with Crippen LogP contribution in [0.5, 0.6) is 5.88 Å². The molecule has 1 N–H and O–H groups in total. The lowest BCUT2D eigenvalue weighted by atomic mass is 10.1. The topological polar surface area (TPSA) is 82.2 Å². The molecule has 7 nitrogen and oxygen atoms in total. The van der Waals surface area contributed by atoms with E-state index in [0.717, 1.165) is 29.2 Å². The molecule has 0 bridgehead atoms. The maximum absolute atomic E-state index is 10.8. The van der Waals surface area contributed by atoms with Crippen molar-refractivity contribution in [3.05, 3.63) is 45.1 Å². The van der Waals surface area contributed by atoms with Crippen LogP contribution in [-0.4, -0.2) is 21.8 Å². The van der Waals surface area contributed by atoms with Gasteiger partial charge in [-0.15, -0.1) is 0 Å². The summed E-state index contributed by atoms with van der Waals surface area (Å²) in [5.74, 6) is 0.725. The molecular weight excluding hydrogens is 284 g/mol. The summed E-state index contributed by atoms with van der Waals surface area (Å²) in [4.78, 5) is 10.5. The lowest BCUT2D eigenvalue weighted by molar-refractivity contribution is -0.385. The predicted octanol–water partition coefficient (Wildman–Crippen LogP) is 2.82. The smallest absolute Gasteiger partial charge is 0.272 e. The fraction of sp³-hybridized carbons (Fsp3) is 0.400. The molecule has 0 aliphatic carbocycles. The monoisotopic (exact) mass is 304 g/mol. The number of benzene rings is 1. The Kier molecular flexibility index (Phi) is 4.65.